The summed E-state index contributed by atoms with van der Waals surface area (Å²) in [4.78, 5) is 3.96. The zero-order valence-corrected chi connectivity index (χ0v) is 8.88. The third kappa shape index (κ3) is 2.10. The van der Waals surface area contributed by atoms with Gasteiger partial charge in [-0.2, -0.15) is 4.98 Å². The predicted molar refractivity (Wildman–Crippen MR) is 51.1 cm³/mol. The fraction of sp³-hybridized carbons (Fsp3) is 0.444. The molecule has 0 saturated carbocycles. The Bertz CT molecular complexity index is 463. The summed E-state index contributed by atoms with van der Waals surface area (Å²) in [6.45, 7) is 1.87. The van der Waals surface area contributed by atoms with Crippen molar-refractivity contribution in [2.45, 2.75) is 19.6 Å². The highest BCUT2D eigenvalue weighted by molar-refractivity contribution is 5.45. The summed E-state index contributed by atoms with van der Waals surface area (Å²) in [7, 11) is 1.56. The maximum atomic E-state index is 9.22. The molecule has 0 bridgehead atoms. The normalized spacial score (nSPS) is 12.9. The predicted octanol–water partition coefficient (Wildman–Crippen LogP) is 0.924. The molecule has 0 aliphatic carbocycles. The summed E-state index contributed by atoms with van der Waals surface area (Å²) in [6, 6.07) is 1.64. The van der Waals surface area contributed by atoms with Crippen LogP contribution in [0.4, 0.5) is 0 Å². The van der Waals surface area contributed by atoms with E-state index in [4.69, 9.17) is 13.8 Å². The van der Waals surface area contributed by atoms with E-state index < -0.39 is 6.10 Å². The second kappa shape index (κ2) is 4.42. The van der Waals surface area contributed by atoms with E-state index in [-0.39, 0.29) is 11.7 Å². The number of hydrogen-bond acceptors (Lipinski definition) is 7. The molecule has 16 heavy (non-hydrogen) atoms. The Morgan fingerprint density at radius 3 is 2.88 bits per heavy atom. The van der Waals surface area contributed by atoms with Crippen molar-refractivity contribution < 1.29 is 18.9 Å². The van der Waals surface area contributed by atoms with E-state index in [9.17, 15) is 5.11 Å². The number of hydrogen-bond donors (Lipinski definition) is 1. The molecule has 7 heteroatoms. The first-order chi connectivity index (χ1) is 7.70. The minimum atomic E-state index is -0.775. The molecule has 0 aromatic carbocycles. The molecule has 0 amide bonds. The van der Waals surface area contributed by atoms with Crippen LogP contribution in [0.25, 0.3) is 11.6 Å². The quantitative estimate of drug-likeness (QED) is 0.826. The summed E-state index contributed by atoms with van der Waals surface area (Å²) in [6.07, 6.45) is -0.775. The summed E-state index contributed by atoms with van der Waals surface area (Å²) in [5, 5.41) is 16.6. The van der Waals surface area contributed by atoms with Crippen molar-refractivity contribution in [3.05, 3.63) is 17.7 Å². The first-order valence-electron chi connectivity index (χ1n) is 4.67. The molecule has 2 aromatic heterocycles. The molecule has 0 saturated heterocycles. The Kier molecular flexibility index (Phi) is 2.97. The van der Waals surface area contributed by atoms with Crippen LogP contribution < -0.4 is 0 Å². The fourth-order valence-corrected chi connectivity index (χ4v) is 1.13. The average molecular weight is 225 g/mol. The number of ether oxygens (including phenoxy) is 1. The zero-order valence-electron chi connectivity index (χ0n) is 8.88. The number of aromatic nitrogens is 3. The minimum Gasteiger partial charge on any atom is -0.385 e. The minimum absolute atomic E-state index is 0.210. The molecule has 0 radical (unpaired) electrons. The summed E-state index contributed by atoms with van der Waals surface area (Å²) < 4.78 is 14.8. The van der Waals surface area contributed by atoms with Gasteiger partial charge in [-0.05, 0) is 6.92 Å². The number of rotatable bonds is 4. The molecule has 2 heterocycles. The maximum absolute atomic E-state index is 9.22. The third-order valence-electron chi connectivity index (χ3n) is 1.88. The highest BCUT2D eigenvalue weighted by Gasteiger charge is 2.16. The van der Waals surface area contributed by atoms with Crippen LogP contribution in [0, 0.1) is 0 Å². The molecule has 2 rings (SSSR count). The lowest BCUT2D eigenvalue weighted by Gasteiger charge is -1.91. The molecule has 1 unspecified atom stereocenters. The van der Waals surface area contributed by atoms with Gasteiger partial charge in [0, 0.05) is 13.2 Å². The molecule has 0 aliphatic heterocycles. The summed E-state index contributed by atoms with van der Waals surface area (Å²) in [5.74, 6) is 0.989. The lowest BCUT2D eigenvalue weighted by molar-refractivity contribution is 0.156. The standard InChI is InChI=1S/C9H11N3O4/c1-5(13)8-10-9(16-12-8)7-3-6(4-14-2)15-11-7/h3,5,13H,4H2,1-2H3. The topological polar surface area (TPSA) is 94.4 Å². The molecule has 0 spiro atoms. The van der Waals surface area contributed by atoms with Crippen molar-refractivity contribution in [1.82, 2.24) is 15.3 Å². The lowest BCUT2D eigenvalue weighted by atomic mass is 10.3. The van der Waals surface area contributed by atoms with Gasteiger partial charge in [-0.25, -0.2) is 0 Å². The monoisotopic (exact) mass is 225 g/mol. The van der Waals surface area contributed by atoms with Gasteiger partial charge in [0.15, 0.2) is 17.3 Å². The van der Waals surface area contributed by atoms with E-state index in [0.29, 0.717) is 18.1 Å². The largest absolute Gasteiger partial charge is 0.385 e. The van der Waals surface area contributed by atoms with Crippen molar-refractivity contribution in [3.63, 3.8) is 0 Å². The number of aliphatic hydroxyl groups excluding tert-OH is 1. The second-order valence-electron chi connectivity index (χ2n) is 3.25. The van der Waals surface area contributed by atoms with E-state index in [2.05, 4.69) is 15.3 Å². The van der Waals surface area contributed by atoms with E-state index in [1.807, 2.05) is 0 Å². The van der Waals surface area contributed by atoms with E-state index >= 15 is 0 Å². The van der Waals surface area contributed by atoms with Gasteiger partial charge in [0.1, 0.15) is 12.7 Å². The second-order valence-corrected chi connectivity index (χ2v) is 3.25. The molecule has 0 aliphatic rings. The number of methoxy groups -OCH3 is 1. The van der Waals surface area contributed by atoms with Crippen molar-refractivity contribution in [1.29, 1.82) is 0 Å². The molecule has 7 nitrogen and oxygen atoms in total. The molecule has 2 aromatic rings. The zero-order chi connectivity index (χ0) is 11.5. The van der Waals surface area contributed by atoms with Crippen molar-refractivity contribution in [2.24, 2.45) is 0 Å². The van der Waals surface area contributed by atoms with Gasteiger partial charge in [-0.1, -0.05) is 10.3 Å². The molecule has 1 atom stereocenters. The highest BCUT2D eigenvalue weighted by Crippen LogP contribution is 2.19. The smallest absolute Gasteiger partial charge is 0.280 e. The van der Waals surface area contributed by atoms with Crippen LogP contribution in [0.1, 0.15) is 24.6 Å². The van der Waals surface area contributed by atoms with Crippen LogP contribution >= 0.6 is 0 Å². The summed E-state index contributed by atoms with van der Waals surface area (Å²) >= 11 is 0. The molecular weight excluding hydrogens is 214 g/mol. The Hall–Kier alpha value is -1.73. The van der Waals surface area contributed by atoms with E-state index in [1.54, 1.807) is 20.1 Å². The Balaban J connectivity index is 2.21. The fourth-order valence-electron chi connectivity index (χ4n) is 1.13. The highest BCUT2D eigenvalue weighted by atomic mass is 16.5. The van der Waals surface area contributed by atoms with Crippen LogP contribution in [-0.2, 0) is 11.3 Å². The van der Waals surface area contributed by atoms with Gasteiger partial charge in [0.25, 0.3) is 5.89 Å². The summed E-state index contributed by atoms with van der Waals surface area (Å²) in [5.41, 5.74) is 0.423. The Morgan fingerprint density at radius 1 is 1.44 bits per heavy atom. The molecule has 0 fully saturated rings. The Labute approximate surface area is 91.0 Å². The third-order valence-corrected chi connectivity index (χ3v) is 1.88. The SMILES string of the molecule is COCc1cc(-c2nc(C(C)O)no2)no1. The van der Waals surface area contributed by atoms with Gasteiger partial charge in [-0.15, -0.1) is 0 Å². The first-order valence-corrected chi connectivity index (χ1v) is 4.67. The van der Waals surface area contributed by atoms with E-state index in [1.165, 1.54) is 0 Å². The molecular formula is C9H11N3O4. The van der Waals surface area contributed by atoms with Crippen molar-refractivity contribution >= 4 is 0 Å². The lowest BCUT2D eigenvalue weighted by Crippen LogP contribution is -1.92. The average Bonchev–Trinajstić information content (AvgIpc) is 2.84. The van der Waals surface area contributed by atoms with Gasteiger partial charge in [-0.3, -0.25) is 0 Å². The van der Waals surface area contributed by atoms with Crippen molar-refractivity contribution in [3.8, 4) is 11.6 Å². The maximum Gasteiger partial charge on any atom is 0.280 e. The van der Waals surface area contributed by atoms with Crippen LogP contribution in [0.3, 0.4) is 0 Å². The van der Waals surface area contributed by atoms with Gasteiger partial charge >= 0.3 is 0 Å². The van der Waals surface area contributed by atoms with E-state index in [0.717, 1.165) is 0 Å². The van der Waals surface area contributed by atoms with Gasteiger partial charge in [0.2, 0.25) is 0 Å². The number of aliphatic hydroxyl groups is 1. The van der Waals surface area contributed by atoms with Crippen LogP contribution in [0.15, 0.2) is 15.1 Å². The van der Waals surface area contributed by atoms with Gasteiger partial charge < -0.3 is 18.9 Å². The molecule has 1 N–H and O–H groups in total. The molecule has 86 valence electrons. The van der Waals surface area contributed by atoms with Crippen LogP contribution in [0.5, 0.6) is 0 Å². The Morgan fingerprint density at radius 2 is 2.25 bits per heavy atom. The van der Waals surface area contributed by atoms with Crippen LogP contribution in [0.2, 0.25) is 0 Å². The van der Waals surface area contributed by atoms with Crippen molar-refractivity contribution in [2.75, 3.05) is 7.11 Å². The number of nitrogens with zero attached hydrogens (tertiary/aromatic N) is 3. The first kappa shape index (κ1) is 10.8. The van der Waals surface area contributed by atoms with Gasteiger partial charge in [0.05, 0.1) is 0 Å². The van der Waals surface area contributed by atoms with Crippen LogP contribution in [-0.4, -0.2) is 27.5 Å².